The van der Waals surface area contributed by atoms with E-state index in [1.54, 1.807) is 6.20 Å². The average Bonchev–Trinajstić information content (AvgIpc) is 3.20. The zero-order valence-corrected chi connectivity index (χ0v) is 14.6. The molecule has 3 heterocycles. The average molecular weight is 334 g/mol. The predicted molar refractivity (Wildman–Crippen MR) is 97.3 cm³/mol. The summed E-state index contributed by atoms with van der Waals surface area (Å²) < 4.78 is 2.11. The lowest BCUT2D eigenvalue weighted by molar-refractivity contribution is -0.129. The molecular weight excluding hydrogens is 312 g/mol. The summed E-state index contributed by atoms with van der Waals surface area (Å²) in [5, 5.41) is 0. The van der Waals surface area contributed by atoms with Crippen molar-refractivity contribution in [3.8, 4) is 0 Å². The van der Waals surface area contributed by atoms with Gasteiger partial charge in [0.05, 0.1) is 23.7 Å². The smallest absolute Gasteiger partial charge is 0.227 e. The van der Waals surface area contributed by atoms with E-state index in [1.165, 1.54) is 5.56 Å². The van der Waals surface area contributed by atoms with E-state index >= 15 is 0 Å². The molecule has 128 valence electrons. The summed E-state index contributed by atoms with van der Waals surface area (Å²) in [7, 11) is 2.03. The fourth-order valence-electron chi connectivity index (χ4n) is 3.72. The number of hydrogen-bond donors (Lipinski definition) is 0. The van der Waals surface area contributed by atoms with Gasteiger partial charge in [0, 0.05) is 32.3 Å². The van der Waals surface area contributed by atoms with Gasteiger partial charge in [-0.2, -0.15) is 0 Å². The molecule has 0 bridgehead atoms. The molecule has 1 fully saturated rings. The number of carbonyl (C=O) groups is 1. The lowest BCUT2D eigenvalue weighted by Crippen LogP contribution is -2.30. The van der Waals surface area contributed by atoms with Crippen LogP contribution in [0.4, 0.5) is 0 Å². The Balaban J connectivity index is 1.49. The molecule has 1 atom stereocenters. The van der Waals surface area contributed by atoms with Crippen molar-refractivity contribution in [1.82, 2.24) is 19.4 Å². The predicted octanol–water partition coefficient (Wildman–Crippen LogP) is 2.84. The molecule has 0 spiro atoms. The number of aromatic nitrogens is 3. The van der Waals surface area contributed by atoms with Crippen molar-refractivity contribution in [3.63, 3.8) is 0 Å². The Labute approximate surface area is 147 Å². The van der Waals surface area contributed by atoms with Gasteiger partial charge in [-0.05, 0) is 25.0 Å². The van der Waals surface area contributed by atoms with Crippen molar-refractivity contribution in [2.24, 2.45) is 7.05 Å². The van der Waals surface area contributed by atoms with E-state index in [0.717, 1.165) is 41.9 Å². The van der Waals surface area contributed by atoms with E-state index < -0.39 is 0 Å². The van der Waals surface area contributed by atoms with Gasteiger partial charge < -0.3 is 9.47 Å². The molecule has 1 saturated heterocycles. The fourth-order valence-corrected chi connectivity index (χ4v) is 3.72. The van der Waals surface area contributed by atoms with Crippen LogP contribution in [0.15, 0.2) is 42.7 Å². The van der Waals surface area contributed by atoms with Crippen LogP contribution in [0.5, 0.6) is 0 Å². The van der Waals surface area contributed by atoms with Crippen LogP contribution >= 0.6 is 0 Å². The third-order valence-electron chi connectivity index (χ3n) is 5.06. The molecule has 1 aliphatic heterocycles. The standard InChI is InChI=1S/C20H22N4O/c1-14-4-3-5-15(10-14)11-19(25)24-9-7-16(13-24)20-22-17-6-8-21-12-18(17)23(20)2/h3-6,8,10,12,16H,7,9,11,13H2,1-2H3/t16-/m0/s1. The van der Waals surface area contributed by atoms with E-state index in [9.17, 15) is 4.79 Å². The zero-order chi connectivity index (χ0) is 17.4. The van der Waals surface area contributed by atoms with Gasteiger partial charge in [0.25, 0.3) is 0 Å². The van der Waals surface area contributed by atoms with Crippen LogP contribution in [0, 0.1) is 6.92 Å². The number of nitrogens with zero attached hydrogens (tertiary/aromatic N) is 4. The van der Waals surface area contributed by atoms with E-state index in [1.807, 2.05) is 36.3 Å². The highest BCUT2D eigenvalue weighted by Crippen LogP contribution is 2.29. The van der Waals surface area contributed by atoms with Crippen LogP contribution in [-0.4, -0.2) is 38.4 Å². The number of amides is 1. The SMILES string of the molecule is Cc1cccc(CC(=O)N2CC[C@H](c3nc4ccncc4n3C)C2)c1. The Morgan fingerprint density at radius 1 is 1.32 bits per heavy atom. The Morgan fingerprint density at radius 2 is 2.20 bits per heavy atom. The van der Waals surface area contributed by atoms with Gasteiger partial charge in [-0.1, -0.05) is 29.8 Å². The maximum atomic E-state index is 12.6. The highest BCUT2D eigenvalue weighted by Gasteiger charge is 2.30. The minimum absolute atomic E-state index is 0.202. The Kier molecular flexibility index (Phi) is 3.99. The number of fused-ring (bicyclic) bond motifs is 1. The molecule has 1 aromatic carbocycles. The first-order valence-electron chi connectivity index (χ1n) is 8.71. The van der Waals surface area contributed by atoms with Crippen LogP contribution in [0.1, 0.15) is 29.3 Å². The molecule has 3 aromatic rings. The minimum atomic E-state index is 0.202. The summed E-state index contributed by atoms with van der Waals surface area (Å²) in [6.07, 6.45) is 5.05. The summed E-state index contributed by atoms with van der Waals surface area (Å²) in [5.41, 5.74) is 4.29. The van der Waals surface area contributed by atoms with Gasteiger partial charge in [-0.25, -0.2) is 4.98 Å². The second-order valence-corrected chi connectivity index (χ2v) is 6.88. The van der Waals surface area contributed by atoms with Crippen molar-refractivity contribution in [3.05, 3.63) is 59.7 Å². The molecule has 0 unspecified atom stereocenters. The monoisotopic (exact) mass is 334 g/mol. The number of benzene rings is 1. The summed E-state index contributed by atoms with van der Waals surface area (Å²) in [6.45, 7) is 3.60. The lowest BCUT2D eigenvalue weighted by atomic mass is 10.1. The van der Waals surface area contributed by atoms with E-state index in [0.29, 0.717) is 12.3 Å². The molecule has 0 aliphatic carbocycles. The molecule has 5 nitrogen and oxygen atoms in total. The number of likely N-dealkylation sites (tertiary alicyclic amines) is 1. The highest BCUT2D eigenvalue weighted by molar-refractivity contribution is 5.79. The fraction of sp³-hybridized carbons (Fsp3) is 0.350. The molecule has 1 amide bonds. The van der Waals surface area contributed by atoms with Crippen LogP contribution in [0.3, 0.4) is 0 Å². The highest BCUT2D eigenvalue weighted by atomic mass is 16.2. The maximum Gasteiger partial charge on any atom is 0.227 e. The van der Waals surface area contributed by atoms with Crippen molar-refractivity contribution < 1.29 is 4.79 Å². The van der Waals surface area contributed by atoms with Gasteiger partial charge in [0.2, 0.25) is 5.91 Å². The summed E-state index contributed by atoms with van der Waals surface area (Å²) in [5.74, 6) is 1.54. The molecular formula is C20H22N4O. The van der Waals surface area contributed by atoms with E-state index in [2.05, 4.69) is 28.6 Å². The molecule has 2 aromatic heterocycles. The second-order valence-electron chi connectivity index (χ2n) is 6.88. The van der Waals surface area contributed by atoms with Gasteiger partial charge in [-0.15, -0.1) is 0 Å². The summed E-state index contributed by atoms with van der Waals surface area (Å²) in [6, 6.07) is 10.1. The van der Waals surface area contributed by atoms with Crippen LogP contribution in [0.25, 0.3) is 11.0 Å². The third kappa shape index (κ3) is 3.02. The summed E-state index contributed by atoms with van der Waals surface area (Å²) in [4.78, 5) is 23.6. The topological polar surface area (TPSA) is 51.0 Å². The number of carbonyl (C=O) groups excluding carboxylic acids is 1. The van der Waals surface area contributed by atoms with Gasteiger partial charge in [-0.3, -0.25) is 9.78 Å². The number of hydrogen-bond acceptors (Lipinski definition) is 3. The quantitative estimate of drug-likeness (QED) is 0.740. The first-order valence-corrected chi connectivity index (χ1v) is 8.71. The first-order chi connectivity index (χ1) is 12.1. The minimum Gasteiger partial charge on any atom is -0.342 e. The molecule has 0 saturated carbocycles. The number of rotatable bonds is 3. The van der Waals surface area contributed by atoms with Gasteiger partial charge >= 0.3 is 0 Å². The second kappa shape index (κ2) is 6.31. The number of aryl methyl sites for hydroxylation is 2. The largest absolute Gasteiger partial charge is 0.342 e. The number of imidazole rings is 1. The number of pyridine rings is 1. The van der Waals surface area contributed by atoms with Crippen LogP contribution in [-0.2, 0) is 18.3 Å². The third-order valence-corrected chi connectivity index (χ3v) is 5.06. The molecule has 1 aliphatic rings. The van der Waals surface area contributed by atoms with Crippen molar-refractivity contribution in [1.29, 1.82) is 0 Å². The Morgan fingerprint density at radius 3 is 3.00 bits per heavy atom. The van der Waals surface area contributed by atoms with Crippen LogP contribution in [0.2, 0.25) is 0 Å². The lowest BCUT2D eigenvalue weighted by Gasteiger charge is -2.17. The molecule has 5 heteroatoms. The summed E-state index contributed by atoms with van der Waals surface area (Å²) >= 11 is 0. The maximum absolute atomic E-state index is 12.6. The molecule has 0 radical (unpaired) electrons. The Hall–Kier alpha value is -2.69. The molecule has 0 N–H and O–H groups in total. The van der Waals surface area contributed by atoms with Crippen molar-refractivity contribution in [2.45, 2.75) is 25.7 Å². The van der Waals surface area contributed by atoms with Crippen molar-refractivity contribution >= 4 is 16.9 Å². The van der Waals surface area contributed by atoms with E-state index in [-0.39, 0.29) is 5.91 Å². The molecule has 25 heavy (non-hydrogen) atoms. The normalized spacial score (nSPS) is 17.4. The van der Waals surface area contributed by atoms with Crippen molar-refractivity contribution in [2.75, 3.05) is 13.1 Å². The van der Waals surface area contributed by atoms with Gasteiger partial charge in [0.1, 0.15) is 5.82 Å². The zero-order valence-electron chi connectivity index (χ0n) is 14.6. The van der Waals surface area contributed by atoms with E-state index in [4.69, 9.17) is 4.98 Å². The first kappa shape index (κ1) is 15.8. The Bertz CT molecular complexity index is 930. The molecule has 4 rings (SSSR count). The van der Waals surface area contributed by atoms with Crippen LogP contribution < -0.4 is 0 Å². The van der Waals surface area contributed by atoms with Gasteiger partial charge in [0.15, 0.2) is 0 Å².